The zero-order valence-corrected chi connectivity index (χ0v) is 11.7. The number of hydrogen-bond donors (Lipinski definition) is 2. The minimum atomic E-state index is 0.0366. The summed E-state index contributed by atoms with van der Waals surface area (Å²) in [5.41, 5.74) is 7.42. The third-order valence-electron chi connectivity index (χ3n) is 4.05. The van der Waals surface area contributed by atoms with Gasteiger partial charge in [0.05, 0.1) is 12.6 Å². The molecular weight excluding hydrogens is 238 g/mol. The first-order valence-electron chi connectivity index (χ1n) is 7.26. The van der Waals surface area contributed by atoms with Crippen LogP contribution < -0.4 is 5.73 Å². The molecule has 0 spiro atoms. The van der Waals surface area contributed by atoms with E-state index in [1.54, 1.807) is 0 Å². The molecule has 0 bridgehead atoms. The van der Waals surface area contributed by atoms with Crippen LogP contribution in [-0.4, -0.2) is 40.2 Å². The van der Waals surface area contributed by atoms with Gasteiger partial charge in [-0.3, -0.25) is 9.88 Å². The van der Waals surface area contributed by atoms with Crippen LogP contribution in [-0.2, 0) is 0 Å². The molecule has 1 aromatic rings. The first-order valence-corrected chi connectivity index (χ1v) is 7.26. The van der Waals surface area contributed by atoms with Gasteiger partial charge in [0.2, 0.25) is 0 Å². The van der Waals surface area contributed by atoms with Gasteiger partial charge in [0.1, 0.15) is 0 Å². The van der Waals surface area contributed by atoms with Crippen molar-refractivity contribution in [1.82, 2.24) is 9.88 Å². The van der Waals surface area contributed by atoms with Crippen molar-refractivity contribution in [3.8, 4) is 0 Å². The number of nitrogens with zero attached hydrogens (tertiary/aromatic N) is 2. The summed E-state index contributed by atoms with van der Waals surface area (Å²) in [4.78, 5) is 6.48. The SMILES string of the molecule is CC(N)C(c1ccncc1)N(CCO)C1CCCC1. The van der Waals surface area contributed by atoms with Crippen LogP contribution in [0.4, 0.5) is 0 Å². The first-order chi connectivity index (χ1) is 9.24. The fourth-order valence-electron chi connectivity index (χ4n) is 3.26. The molecule has 0 radical (unpaired) electrons. The number of rotatable bonds is 6. The lowest BCUT2D eigenvalue weighted by atomic mass is 9.98. The molecule has 4 heteroatoms. The van der Waals surface area contributed by atoms with E-state index in [-0.39, 0.29) is 18.7 Å². The highest BCUT2D eigenvalue weighted by Gasteiger charge is 2.31. The summed E-state index contributed by atoms with van der Waals surface area (Å²) in [5.74, 6) is 0. The Morgan fingerprint density at radius 2 is 2.00 bits per heavy atom. The van der Waals surface area contributed by atoms with E-state index < -0.39 is 0 Å². The highest BCUT2D eigenvalue weighted by Crippen LogP contribution is 2.32. The van der Waals surface area contributed by atoms with Crippen LogP contribution in [0.15, 0.2) is 24.5 Å². The molecule has 2 rings (SSSR count). The van der Waals surface area contributed by atoms with E-state index in [2.05, 4.69) is 9.88 Å². The van der Waals surface area contributed by atoms with Gasteiger partial charge >= 0.3 is 0 Å². The Hall–Kier alpha value is -0.970. The fourth-order valence-corrected chi connectivity index (χ4v) is 3.26. The lowest BCUT2D eigenvalue weighted by molar-refractivity contribution is 0.0921. The Kier molecular flexibility index (Phi) is 5.31. The van der Waals surface area contributed by atoms with Crippen molar-refractivity contribution in [2.75, 3.05) is 13.2 Å². The van der Waals surface area contributed by atoms with E-state index in [1.165, 1.54) is 31.2 Å². The van der Waals surface area contributed by atoms with Gasteiger partial charge in [0, 0.05) is 31.0 Å². The van der Waals surface area contributed by atoms with Crippen molar-refractivity contribution < 1.29 is 5.11 Å². The molecule has 19 heavy (non-hydrogen) atoms. The van der Waals surface area contributed by atoms with E-state index in [1.807, 2.05) is 31.5 Å². The number of nitrogens with two attached hydrogens (primary N) is 1. The number of pyridine rings is 1. The molecule has 1 fully saturated rings. The standard InChI is InChI=1S/C15H25N3O/c1-12(16)15(13-6-8-17-9-7-13)18(10-11-19)14-4-2-3-5-14/h6-9,12,14-15,19H,2-5,10-11,16H2,1H3. The maximum absolute atomic E-state index is 9.38. The Morgan fingerprint density at radius 1 is 1.37 bits per heavy atom. The second-order valence-corrected chi connectivity index (χ2v) is 5.48. The second kappa shape index (κ2) is 6.98. The van der Waals surface area contributed by atoms with Crippen LogP contribution in [0, 0.1) is 0 Å². The Bertz CT molecular complexity index is 363. The second-order valence-electron chi connectivity index (χ2n) is 5.48. The number of aliphatic hydroxyl groups is 1. The van der Waals surface area contributed by atoms with Gasteiger partial charge in [-0.1, -0.05) is 12.8 Å². The van der Waals surface area contributed by atoms with Crippen molar-refractivity contribution in [3.05, 3.63) is 30.1 Å². The predicted molar refractivity (Wildman–Crippen MR) is 76.7 cm³/mol. The van der Waals surface area contributed by atoms with Gasteiger partial charge < -0.3 is 10.8 Å². The molecule has 0 aliphatic heterocycles. The van der Waals surface area contributed by atoms with Crippen molar-refractivity contribution in [2.45, 2.75) is 50.7 Å². The normalized spacial score (nSPS) is 19.8. The summed E-state index contributed by atoms with van der Waals surface area (Å²) in [6.07, 6.45) is 8.64. The van der Waals surface area contributed by atoms with Crippen LogP contribution >= 0.6 is 0 Å². The number of aromatic nitrogens is 1. The van der Waals surface area contributed by atoms with Gasteiger partial charge in [0.25, 0.3) is 0 Å². The molecule has 1 saturated carbocycles. The Morgan fingerprint density at radius 3 is 2.53 bits per heavy atom. The third-order valence-corrected chi connectivity index (χ3v) is 4.05. The molecule has 106 valence electrons. The zero-order chi connectivity index (χ0) is 13.7. The largest absolute Gasteiger partial charge is 0.395 e. The van der Waals surface area contributed by atoms with E-state index >= 15 is 0 Å². The summed E-state index contributed by atoms with van der Waals surface area (Å²) in [6.45, 7) is 2.93. The first kappa shape index (κ1) is 14.4. The van der Waals surface area contributed by atoms with Gasteiger partial charge in [-0.05, 0) is 37.5 Å². The molecule has 2 unspecified atom stereocenters. The molecule has 1 aliphatic carbocycles. The minimum absolute atomic E-state index is 0.0366. The Labute approximate surface area is 115 Å². The number of aliphatic hydroxyl groups excluding tert-OH is 1. The van der Waals surface area contributed by atoms with Gasteiger partial charge in [-0.2, -0.15) is 0 Å². The molecule has 1 aromatic heterocycles. The summed E-state index contributed by atoms with van der Waals surface area (Å²) in [6, 6.07) is 4.82. The lowest BCUT2D eigenvalue weighted by Crippen LogP contribution is -2.45. The molecule has 1 heterocycles. The fraction of sp³-hybridized carbons (Fsp3) is 0.667. The average Bonchev–Trinajstić information content (AvgIpc) is 2.93. The summed E-state index contributed by atoms with van der Waals surface area (Å²) >= 11 is 0. The zero-order valence-electron chi connectivity index (χ0n) is 11.7. The molecule has 0 aromatic carbocycles. The van der Waals surface area contributed by atoms with Gasteiger partial charge in [-0.25, -0.2) is 0 Å². The van der Waals surface area contributed by atoms with Crippen LogP contribution in [0.3, 0.4) is 0 Å². The minimum Gasteiger partial charge on any atom is -0.395 e. The molecular formula is C15H25N3O. The smallest absolute Gasteiger partial charge is 0.0558 e. The van der Waals surface area contributed by atoms with Crippen LogP contribution in [0.5, 0.6) is 0 Å². The summed E-state index contributed by atoms with van der Waals surface area (Å²) in [7, 11) is 0. The van der Waals surface area contributed by atoms with E-state index in [4.69, 9.17) is 5.73 Å². The number of hydrogen-bond acceptors (Lipinski definition) is 4. The molecule has 1 aliphatic rings. The van der Waals surface area contributed by atoms with Gasteiger partial charge in [0.15, 0.2) is 0 Å². The lowest BCUT2D eigenvalue weighted by Gasteiger charge is -2.38. The van der Waals surface area contributed by atoms with Crippen molar-refractivity contribution in [3.63, 3.8) is 0 Å². The van der Waals surface area contributed by atoms with Crippen molar-refractivity contribution in [1.29, 1.82) is 0 Å². The Balaban J connectivity index is 2.23. The molecule has 0 saturated heterocycles. The monoisotopic (exact) mass is 263 g/mol. The molecule has 3 N–H and O–H groups in total. The van der Waals surface area contributed by atoms with Crippen molar-refractivity contribution >= 4 is 0 Å². The maximum Gasteiger partial charge on any atom is 0.0558 e. The van der Waals surface area contributed by atoms with Crippen LogP contribution in [0.25, 0.3) is 0 Å². The van der Waals surface area contributed by atoms with E-state index in [9.17, 15) is 5.11 Å². The quantitative estimate of drug-likeness (QED) is 0.820. The molecule has 0 amide bonds. The highest BCUT2D eigenvalue weighted by atomic mass is 16.3. The van der Waals surface area contributed by atoms with Crippen LogP contribution in [0.1, 0.15) is 44.2 Å². The van der Waals surface area contributed by atoms with Gasteiger partial charge in [-0.15, -0.1) is 0 Å². The van der Waals surface area contributed by atoms with E-state index in [0.717, 1.165) is 0 Å². The van der Waals surface area contributed by atoms with E-state index in [0.29, 0.717) is 12.6 Å². The predicted octanol–water partition coefficient (Wildman–Crippen LogP) is 1.71. The average molecular weight is 263 g/mol. The van der Waals surface area contributed by atoms with Crippen LogP contribution in [0.2, 0.25) is 0 Å². The topological polar surface area (TPSA) is 62.4 Å². The van der Waals surface area contributed by atoms with Crippen molar-refractivity contribution in [2.24, 2.45) is 5.73 Å². The molecule has 2 atom stereocenters. The summed E-state index contributed by atoms with van der Waals surface area (Å²) in [5, 5.41) is 9.38. The summed E-state index contributed by atoms with van der Waals surface area (Å²) < 4.78 is 0. The third kappa shape index (κ3) is 3.53. The maximum atomic E-state index is 9.38. The molecule has 4 nitrogen and oxygen atoms in total. The highest BCUT2D eigenvalue weighted by molar-refractivity contribution is 5.17.